The quantitative estimate of drug-likeness (QED) is 0.219. The van der Waals surface area contributed by atoms with E-state index < -0.39 is 0 Å². The van der Waals surface area contributed by atoms with E-state index in [0.717, 1.165) is 55.8 Å². The van der Waals surface area contributed by atoms with Crippen LogP contribution < -0.4 is 0 Å². The van der Waals surface area contributed by atoms with Gasteiger partial charge in [0, 0.05) is 33.7 Å². The summed E-state index contributed by atoms with van der Waals surface area (Å²) in [6.07, 6.45) is 1.88. The Balaban J connectivity index is 1.35. The van der Waals surface area contributed by atoms with Crippen LogP contribution in [0.25, 0.3) is 27.8 Å². The molecule has 1 saturated heterocycles. The molecule has 6 rings (SSSR count). The molecule has 0 saturated carbocycles. The molecule has 2 heterocycles. The fraction of sp³-hybridized carbons (Fsp3) is 0.0968. The second-order valence-electron chi connectivity index (χ2n) is 9.13. The molecule has 2 amide bonds. The summed E-state index contributed by atoms with van der Waals surface area (Å²) >= 11 is 7.08. The maximum atomic E-state index is 13.4. The Kier molecular flexibility index (Phi) is 6.11. The molecule has 6 heteroatoms. The highest BCUT2D eigenvalue weighted by Gasteiger charge is 2.35. The average molecular weight is 523 g/mol. The van der Waals surface area contributed by atoms with E-state index in [4.69, 9.17) is 11.6 Å². The first kappa shape index (κ1) is 23.6. The van der Waals surface area contributed by atoms with Gasteiger partial charge in [0.05, 0.1) is 11.4 Å². The summed E-state index contributed by atoms with van der Waals surface area (Å²) in [6, 6.07) is 30.0. The molecule has 0 N–H and O–H groups in total. The van der Waals surface area contributed by atoms with Crippen LogP contribution in [0, 0.1) is 6.92 Å². The summed E-state index contributed by atoms with van der Waals surface area (Å²) < 4.78 is 2.24. The van der Waals surface area contributed by atoms with Gasteiger partial charge in [-0.05, 0) is 64.9 Å². The van der Waals surface area contributed by atoms with Gasteiger partial charge < -0.3 is 4.57 Å². The number of thioether (sulfide) groups is 1. The van der Waals surface area contributed by atoms with Crippen molar-refractivity contribution < 1.29 is 9.59 Å². The Morgan fingerprint density at radius 2 is 1.51 bits per heavy atom. The molecule has 4 aromatic carbocycles. The third-order valence-corrected chi connectivity index (χ3v) is 8.05. The molecule has 4 nitrogen and oxygen atoms in total. The van der Waals surface area contributed by atoms with Crippen molar-refractivity contribution in [1.29, 1.82) is 0 Å². The van der Waals surface area contributed by atoms with E-state index >= 15 is 0 Å². The molecule has 0 atom stereocenters. The van der Waals surface area contributed by atoms with Gasteiger partial charge in [-0.3, -0.25) is 14.5 Å². The maximum Gasteiger partial charge on any atom is 0.293 e. The lowest BCUT2D eigenvalue weighted by atomic mass is 10.0. The summed E-state index contributed by atoms with van der Waals surface area (Å²) in [5, 5.41) is 3.65. The minimum absolute atomic E-state index is 0.244. The Hall–Kier alpha value is -3.80. The van der Waals surface area contributed by atoms with E-state index in [9.17, 15) is 9.59 Å². The fourth-order valence-corrected chi connectivity index (χ4v) is 5.93. The number of para-hydroxylation sites is 1. The summed E-state index contributed by atoms with van der Waals surface area (Å²) in [5.41, 5.74) is 5.17. The van der Waals surface area contributed by atoms with E-state index in [-0.39, 0.29) is 17.7 Å². The third kappa shape index (κ3) is 4.35. The predicted molar refractivity (Wildman–Crippen MR) is 153 cm³/mol. The van der Waals surface area contributed by atoms with Crippen LogP contribution in [0.1, 0.15) is 22.4 Å². The van der Waals surface area contributed by atoms with Crippen molar-refractivity contribution >= 4 is 62.3 Å². The smallest absolute Gasteiger partial charge is 0.293 e. The van der Waals surface area contributed by atoms with Crippen molar-refractivity contribution in [3.05, 3.63) is 123 Å². The van der Waals surface area contributed by atoms with Gasteiger partial charge in [0.25, 0.3) is 11.1 Å². The van der Waals surface area contributed by atoms with E-state index in [1.165, 1.54) is 4.90 Å². The molecular formula is C31H23ClN2O2S. The second kappa shape index (κ2) is 9.58. The lowest BCUT2D eigenvalue weighted by Gasteiger charge is -2.14. The number of amides is 2. The fourth-order valence-electron chi connectivity index (χ4n) is 4.98. The van der Waals surface area contributed by atoms with E-state index in [1.54, 1.807) is 0 Å². The zero-order valence-corrected chi connectivity index (χ0v) is 21.7. The SMILES string of the molecule is Cc1c(/C=C2/SC(=O)N(Cc3cccc4ccccc34)C2=O)c2ccccc2n1Cc1ccc(Cl)cc1. The van der Waals surface area contributed by atoms with Gasteiger partial charge in [0.1, 0.15) is 0 Å². The number of carbonyl (C=O) groups excluding carboxylic acids is 2. The second-order valence-corrected chi connectivity index (χ2v) is 10.6. The molecule has 5 aromatic rings. The molecule has 1 aliphatic rings. The van der Waals surface area contributed by atoms with Gasteiger partial charge in [-0.1, -0.05) is 84.4 Å². The first-order valence-corrected chi connectivity index (χ1v) is 13.2. The normalized spacial score (nSPS) is 15.0. The largest absolute Gasteiger partial charge is 0.340 e. The predicted octanol–water partition coefficient (Wildman–Crippen LogP) is 8.04. The molecule has 1 aromatic heterocycles. The maximum absolute atomic E-state index is 13.4. The van der Waals surface area contributed by atoms with Gasteiger partial charge in [-0.25, -0.2) is 0 Å². The number of nitrogens with zero attached hydrogens (tertiary/aromatic N) is 2. The summed E-state index contributed by atoms with van der Waals surface area (Å²) in [5.74, 6) is -0.253. The standard InChI is InChI=1S/C31H23ClN2O2S/c1-20-27(26-11-4-5-12-28(26)33(20)18-21-13-15-24(32)16-14-21)17-29-30(35)34(31(36)37-29)19-23-9-6-8-22-7-2-3-10-25(22)23/h2-17H,18-19H2,1H3/b29-17+. The Morgan fingerprint density at radius 1 is 0.811 bits per heavy atom. The topological polar surface area (TPSA) is 42.3 Å². The van der Waals surface area contributed by atoms with Gasteiger partial charge in [0.15, 0.2) is 0 Å². The molecule has 0 spiro atoms. The Bertz CT molecular complexity index is 1710. The van der Waals surface area contributed by atoms with Crippen LogP contribution in [0.4, 0.5) is 4.79 Å². The number of hydrogen-bond donors (Lipinski definition) is 0. The molecule has 0 bridgehead atoms. The number of rotatable bonds is 5. The molecule has 0 aliphatic carbocycles. The van der Waals surface area contributed by atoms with Crippen LogP contribution >= 0.6 is 23.4 Å². The average Bonchev–Trinajstić information content (AvgIpc) is 3.33. The Labute approximate surface area is 224 Å². The third-order valence-electron chi connectivity index (χ3n) is 6.89. The molecule has 0 radical (unpaired) electrons. The zero-order valence-electron chi connectivity index (χ0n) is 20.1. The van der Waals surface area contributed by atoms with E-state index in [0.29, 0.717) is 16.5 Å². The first-order valence-electron chi connectivity index (χ1n) is 12.0. The van der Waals surface area contributed by atoms with Crippen LogP contribution in [0.2, 0.25) is 5.02 Å². The van der Waals surface area contributed by atoms with Crippen molar-refractivity contribution in [3.63, 3.8) is 0 Å². The monoisotopic (exact) mass is 522 g/mol. The highest BCUT2D eigenvalue weighted by atomic mass is 35.5. The summed E-state index contributed by atoms with van der Waals surface area (Å²) in [6.45, 7) is 2.99. The number of carbonyl (C=O) groups is 2. The first-order chi connectivity index (χ1) is 18.0. The molecule has 1 fully saturated rings. The van der Waals surface area contributed by atoms with Crippen molar-refractivity contribution in [1.82, 2.24) is 9.47 Å². The summed E-state index contributed by atoms with van der Waals surface area (Å²) in [7, 11) is 0. The van der Waals surface area contributed by atoms with Crippen molar-refractivity contribution in [2.45, 2.75) is 20.0 Å². The minimum atomic E-state index is -0.253. The highest BCUT2D eigenvalue weighted by molar-refractivity contribution is 8.18. The number of benzene rings is 4. The van der Waals surface area contributed by atoms with E-state index in [2.05, 4.69) is 23.6 Å². The van der Waals surface area contributed by atoms with Crippen LogP contribution in [0.15, 0.2) is 95.9 Å². The molecule has 182 valence electrons. The molecular weight excluding hydrogens is 500 g/mol. The lowest BCUT2D eigenvalue weighted by molar-refractivity contribution is -0.123. The molecule has 1 aliphatic heterocycles. The minimum Gasteiger partial charge on any atom is -0.340 e. The van der Waals surface area contributed by atoms with Crippen LogP contribution in [0.5, 0.6) is 0 Å². The van der Waals surface area contributed by atoms with Gasteiger partial charge in [-0.2, -0.15) is 0 Å². The molecule has 0 unspecified atom stereocenters. The number of halogens is 1. The number of fused-ring (bicyclic) bond motifs is 2. The summed E-state index contributed by atoms with van der Waals surface area (Å²) in [4.78, 5) is 28.2. The number of imide groups is 1. The zero-order chi connectivity index (χ0) is 25.5. The van der Waals surface area contributed by atoms with Gasteiger partial charge in [-0.15, -0.1) is 0 Å². The highest BCUT2D eigenvalue weighted by Crippen LogP contribution is 2.37. The van der Waals surface area contributed by atoms with Gasteiger partial charge >= 0.3 is 0 Å². The van der Waals surface area contributed by atoms with Crippen molar-refractivity contribution in [2.24, 2.45) is 0 Å². The molecule has 37 heavy (non-hydrogen) atoms. The van der Waals surface area contributed by atoms with E-state index in [1.807, 2.05) is 84.9 Å². The number of hydrogen-bond acceptors (Lipinski definition) is 3. The van der Waals surface area contributed by atoms with Crippen molar-refractivity contribution in [2.75, 3.05) is 0 Å². The Morgan fingerprint density at radius 3 is 2.32 bits per heavy atom. The lowest BCUT2D eigenvalue weighted by Crippen LogP contribution is -2.27. The van der Waals surface area contributed by atoms with Crippen LogP contribution in [0.3, 0.4) is 0 Å². The number of aromatic nitrogens is 1. The van der Waals surface area contributed by atoms with Crippen LogP contribution in [-0.2, 0) is 17.9 Å². The van der Waals surface area contributed by atoms with Crippen LogP contribution in [-0.4, -0.2) is 20.6 Å². The van der Waals surface area contributed by atoms with Gasteiger partial charge in [0.2, 0.25) is 0 Å². The van der Waals surface area contributed by atoms with Crippen molar-refractivity contribution in [3.8, 4) is 0 Å².